The van der Waals surface area contributed by atoms with Crippen LogP contribution in [-0.4, -0.2) is 32.3 Å². The van der Waals surface area contributed by atoms with Crippen LogP contribution >= 0.6 is 0 Å². The van der Waals surface area contributed by atoms with Crippen molar-refractivity contribution < 1.29 is 4.79 Å². The Morgan fingerprint density at radius 2 is 2.32 bits per heavy atom. The third kappa shape index (κ3) is 3.34. The van der Waals surface area contributed by atoms with Crippen molar-refractivity contribution >= 4 is 11.6 Å². The van der Waals surface area contributed by atoms with Gasteiger partial charge in [-0.1, -0.05) is 0 Å². The minimum atomic E-state index is -0.0730. The monoisotopic (exact) mass is 262 g/mol. The molecule has 0 aliphatic rings. The van der Waals surface area contributed by atoms with Gasteiger partial charge in [0.15, 0.2) is 0 Å². The molecular weight excluding hydrogens is 244 g/mol. The number of likely N-dealkylation sites (N-methyl/N-ethyl adjacent to an activating group) is 1. The van der Waals surface area contributed by atoms with Gasteiger partial charge >= 0.3 is 0 Å². The third-order valence-corrected chi connectivity index (χ3v) is 2.81. The molecule has 2 N–H and O–H groups in total. The van der Waals surface area contributed by atoms with Crippen LogP contribution in [0.4, 0.5) is 5.69 Å². The van der Waals surface area contributed by atoms with Gasteiger partial charge in [-0.15, -0.1) is 0 Å². The average molecular weight is 262 g/mol. The number of anilines is 1. The van der Waals surface area contributed by atoms with Crippen molar-refractivity contribution in [3.05, 3.63) is 30.6 Å². The fourth-order valence-corrected chi connectivity index (χ4v) is 1.74. The summed E-state index contributed by atoms with van der Waals surface area (Å²) in [5.74, 6) is 0.901. The van der Waals surface area contributed by atoms with E-state index in [9.17, 15) is 4.79 Å². The van der Waals surface area contributed by atoms with Gasteiger partial charge in [-0.3, -0.25) is 9.48 Å². The zero-order valence-corrected chi connectivity index (χ0v) is 11.1. The molecule has 2 rings (SSSR count). The van der Waals surface area contributed by atoms with Crippen molar-refractivity contribution in [1.29, 1.82) is 0 Å². The number of imidazole rings is 1. The fourth-order valence-electron chi connectivity index (χ4n) is 1.74. The Hall–Kier alpha value is -2.31. The number of nitrogens with zero attached hydrogens (tertiary/aromatic N) is 4. The van der Waals surface area contributed by atoms with Crippen LogP contribution in [0.2, 0.25) is 0 Å². The minimum Gasteiger partial charge on any atom is -0.375 e. The summed E-state index contributed by atoms with van der Waals surface area (Å²) in [4.78, 5) is 15.5. The highest BCUT2D eigenvalue weighted by molar-refractivity contribution is 5.75. The van der Waals surface area contributed by atoms with E-state index in [1.54, 1.807) is 30.3 Å². The number of carbonyl (C=O) groups excluding carboxylic acids is 1. The highest BCUT2D eigenvalue weighted by Crippen LogP contribution is 2.07. The maximum absolute atomic E-state index is 11.2. The lowest BCUT2D eigenvalue weighted by atomic mass is 10.5. The van der Waals surface area contributed by atoms with Crippen LogP contribution in [0.5, 0.6) is 0 Å². The number of hydrogen-bond donors (Lipinski definition) is 2. The molecule has 7 nitrogen and oxygen atoms in total. The van der Waals surface area contributed by atoms with Gasteiger partial charge in [0.2, 0.25) is 5.91 Å². The summed E-state index contributed by atoms with van der Waals surface area (Å²) in [7, 11) is 1.61. The maximum atomic E-state index is 11.2. The smallest absolute Gasteiger partial charge is 0.241 e. The van der Waals surface area contributed by atoms with E-state index in [1.165, 1.54) is 0 Å². The Morgan fingerprint density at radius 3 is 3.05 bits per heavy atom. The van der Waals surface area contributed by atoms with Gasteiger partial charge in [-0.2, -0.15) is 5.10 Å². The average Bonchev–Trinajstić information content (AvgIpc) is 3.04. The summed E-state index contributed by atoms with van der Waals surface area (Å²) in [5.41, 5.74) is 0.870. The molecule has 0 aliphatic heterocycles. The Balaban J connectivity index is 1.91. The van der Waals surface area contributed by atoms with E-state index in [4.69, 9.17) is 0 Å². The number of amides is 1. The molecule has 2 heterocycles. The molecule has 0 radical (unpaired) electrons. The Labute approximate surface area is 111 Å². The number of carbonyl (C=O) groups is 1. The van der Waals surface area contributed by atoms with Crippen LogP contribution in [0.25, 0.3) is 0 Å². The van der Waals surface area contributed by atoms with Crippen molar-refractivity contribution in [3.63, 3.8) is 0 Å². The number of nitrogens with one attached hydrogen (secondary N) is 2. The normalized spacial score (nSPS) is 10.4. The molecule has 0 saturated carbocycles. The molecule has 1 amide bonds. The first-order valence-electron chi connectivity index (χ1n) is 6.20. The molecule has 0 fully saturated rings. The lowest BCUT2D eigenvalue weighted by Crippen LogP contribution is -2.23. The zero-order valence-electron chi connectivity index (χ0n) is 11.1. The Morgan fingerprint density at radius 1 is 1.47 bits per heavy atom. The van der Waals surface area contributed by atoms with Crippen molar-refractivity contribution in [2.75, 3.05) is 12.4 Å². The van der Waals surface area contributed by atoms with Crippen LogP contribution in [0.3, 0.4) is 0 Å². The topological polar surface area (TPSA) is 76.8 Å². The molecule has 0 saturated heterocycles. The Bertz CT molecular complexity index is 544. The molecule has 0 atom stereocenters. The number of aryl methyl sites for hydroxylation is 1. The van der Waals surface area contributed by atoms with Crippen molar-refractivity contribution in [2.45, 2.75) is 26.6 Å². The summed E-state index contributed by atoms with van der Waals surface area (Å²) >= 11 is 0. The van der Waals surface area contributed by atoms with E-state index < -0.39 is 0 Å². The molecule has 0 bridgehead atoms. The molecule has 0 aromatic carbocycles. The predicted molar refractivity (Wildman–Crippen MR) is 71.5 cm³/mol. The first-order chi connectivity index (χ1) is 9.22. The van der Waals surface area contributed by atoms with Gasteiger partial charge in [0.25, 0.3) is 0 Å². The summed E-state index contributed by atoms with van der Waals surface area (Å²) in [6, 6.07) is 0. The molecule has 7 heteroatoms. The molecule has 0 spiro atoms. The van der Waals surface area contributed by atoms with Gasteiger partial charge in [-0.25, -0.2) is 4.98 Å². The van der Waals surface area contributed by atoms with Crippen LogP contribution in [0.1, 0.15) is 12.7 Å². The maximum Gasteiger partial charge on any atom is 0.241 e. The Kier molecular flexibility index (Phi) is 4.17. The summed E-state index contributed by atoms with van der Waals surface area (Å²) in [5, 5.41) is 9.91. The third-order valence-electron chi connectivity index (χ3n) is 2.81. The van der Waals surface area contributed by atoms with E-state index in [0.29, 0.717) is 6.54 Å². The highest BCUT2D eigenvalue weighted by atomic mass is 16.1. The second-order valence-corrected chi connectivity index (χ2v) is 4.08. The van der Waals surface area contributed by atoms with Gasteiger partial charge in [0.1, 0.15) is 12.4 Å². The number of hydrogen-bond acceptors (Lipinski definition) is 4. The fraction of sp³-hybridized carbons (Fsp3) is 0.417. The van der Waals surface area contributed by atoms with Crippen molar-refractivity contribution in [3.8, 4) is 0 Å². The van der Waals surface area contributed by atoms with E-state index in [0.717, 1.165) is 18.1 Å². The van der Waals surface area contributed by atoms with Gasteiger partial charge in [-0.05, 0) is 6.92 Å². The summed E-state index contributed by atoms with van der Waals surface area (Å²) in [6.07, 6.45) is 7.23. The second kappa shape index (κ2) is 6.03. The molecule has 0 unspecified atom stereocenters. The predicted octanol–water partition coefficient (Wildman–Crippen LogP) is 0.458. The van der Waals surface area contributed by atoms with Crippen molar-refractivity contribution in [2.24, 2.45) is 0 Å². The standard InChI is InChI=1S/C12H18N6O/c1-3-17-5-4-14-11(17)7-15-10-6-16-18(8-10)9-12(19)13-2/h4-6,8,15H,3,7,9H2,1-2H3,(H,13,19). The second-order valence-electron chi connectivity index (χ2n) is 4.08. The van der Waals surface area contributed by atoms with E-state index in [-0.39, 0.29) is 12.5 Å². The molecule has 2 aromatic heterocycles. The van der Waals surface area contributed by atoms with E-state index >= 15 is 0 Å². The lowest BCUT2D eigenvalue weighted by molar-refractivity contribution is -0.121. The van der Waals surface area contributed by atoms with E-state index in [2.05, 4.69) is 32.2 Å². The molecule has 2 aromatic rings. The highest BCUT2D eigenvalue weighted by Gasteiger charge is 2.04. The molecule has 102 valence electrons. The van der Waals surface area contributed by atoms with Crippen LogP contribution in [-0.2, 0) is 24.4 Å². The molecule has 0 aliphatic carbocycles. The molecule has 19 heavy (non-hydrogen) atoms. The minimum absolute atomic E-state index is 0.0730. The van der Waals surface area contributed by atoms with E-state index in [1.807, 2.05) is 6.20 Å². The first kappa shape index (κ1) is 13.1. The zero-order chi connectivity index (χ0) is 13.7. The summed E-state index contributed by atoms with van der Waals surface area (Å²) < 4.78 is 3.66. The largest absolute Gasteiger partial charge is 0.375 e. The molecular formula is C12H18N6O. The van der Waals surface area contributed by atoms with Crippen LogP contribution < -0.4 is 10.6 Å². The number of rotatable bonds is 6. The van der Waals surface area contributed by atoms with Gasteiger partial charge in [0, 0.05) is 32.2 Å². The number of aromatic nitrogens is 4. The van der Waals surface area contributed by atoms with Gasteiger partial charge < -0.3 is 15.2 Å². The lowest BCUT2D eigenvalue weighted by Gasteiger charge is -2.05. The van der Waals surface area contributed by atoms with Crippen molar-refractivity contribution in [1.82, 2.24) is 24.6 Å². The first-order valence-corrected chi connectivity index (χ1v) is 6.20. The summed E-state index contributed by atoms with van der Waals surface area (Å²) in [6.45, 7) is 3.83. The quantitative estimate of drug-likeness (QED) is 0.793. The SMILES string of the molecule is CCn1ccnc1CNc1cnn(CC(=O)NC)c1. The van der Waals surface area contributed by atoms with Crippen LogP contribution in [0.15, 0.2) is 24.8 Å². The van der Waals surface area contributed by atoms with Crippen LogP contribution in [0, 0.1) is 0 Å². The van der Waals surface area contributed by atoms with Gasteiger partial charge in [0.05, 0.1) is 18.4 Å².